The van der Waals surface area contributed by atoms with E-state index >= 15 is 0 Å². The van der Waals surface area contributed by atoms with E-state index in [1.807, 2.05) is 0 Å². The molecule has 96 valence electrons. The molecule has 1 aliphatic rings. The molecule has 5 heteroatoms. The number of rotatable bonds is 2. The van der Waals surface area contributed by atoms with Crippen LogP contribution in [0.25, 0.3) is 6.08 Å². The minimum atomic E-state index is -0.347. The number of benzene rings is 1. The highest BCUT2D eigenvalue weighted by molar-refractivity contribution is 9.10. The normalized spacial score (nSPS) is 19.7. The number of nitrogens with zero attached hydrogens (tertiary/aromatic N) is 1. The van der Waals surface area contributed by atoms with Gasteiger partial charge in [0.25, 0.3) is 0 Å². The maximum atomic E-state index is 13.4. The van der Waals surface area contributed by atoms with Gasteiger partial charge in [0.1, 0.15) is 5.82 Å². The van der Waals surface area contributed by atoms with Crippen LogP contribution in [0, 0.1) is 5.82 Å². The van der Waals surface area contributed by atoms with Gasteiger partial charge in [-0.1, -0.05) is 15.9 Å². The lowest BCUT2D eigenvalue weighted by Gasteiger charge is -2.12. The van der Waals surface area contributed by atoms with E-state index in [9.17, 15) is 9.18 Å². The third-order valence-corrected chi connectivity index (χ3v) is 3.39. The molecular formula is C13H14BrFN2O. The van der Waals surface area contributed by atoms with Gasteiger partial charge in [-0.15, -0.1) is 0 Å². The summed E-state index contributed by atoms with van der Waals surface area (Å²) in [6, 6.07) is 4.67. The van der Waals surface area contributed by atoms with Gasteiger partial charge in [-0.05, 0) is 30.7 Å². The van der Waals surface area contributed by atoms with Gasteiger partial charge in [-0.3, -0.25) is 4.79 Å². The van der Waals surface area contributed by atoms with Crippen LogP contribution in [0.15, 0.2) is 28.7 Å². The van der Waals surface area contributed by atoms with Crippen LogP contribution in [0.1, 0.15) is 12.0 Å². The zero-order valence-corrected chi connectivity index (χ0v) is 11.4. The molecule has 1 unspecified atom stereocenters. The molecule has 3 nitrogen and oxygen atoms in total. The Morgan fingerprint density at radius 3 is 3.00 bits per heavy atom. The number of likely N-dealkylation sites (tertiary alicyclic amines) is 1. The Kier molecular flexibility index (Phi) is 4.14. The maximum absolute atomic E-state index is 13.4. The van der Waals surface area contributed by atoms with E-state index in [1.165, 1.54) is 18.2 Å². The SMILES string of the molecule is NC1CCN(C(=O)C=Cc2cc(Br)ccc2F)C1. The summed E-state index contributed by atoms with van der Waals surface area (Å²) in [7, 11) is 0. The molecule has 1 fully saturated rings. The monoisotopic (exact) mass is 312 g/mol. The summed E-state index contributed by atoms with van der Waals surface area (Å²) < 4.78 is 14.2. The van der Waals surface area contributed by atoms with Gasteiger partial charge in [0.2, 0.25) is 5.91 Å². The number of halogens is 2. The van der Waals surface area contributed by atoms with Crippen molar-refractivity contribution < 1.29 is 9.18 Å². The Bertz CT molecular complexity index is 490. The summed E-state index contributed by atoms with van der Waals surface area (Å²) in [5.74, 6) is -0.470. The van der Waals surface area contributed by atoms with Crippen molar-refractivity contribution in [2.75, 3.05) is 13.1 Å². The van der Waals surface area contributed by atoms with E-state index < -0.39 is 0 Å². The van der Waals surface area contributed by atoms with Crippen LogP contribution in [0.4, 0.5) is 4.39 Å². The first-order valence-electron chi connectivity index (χ1n) is 5.74. The molecule has 2 rings (SSSR count). The Morgan fingerprint density at radius 1 is 1.56 bits per heavy atom. The Hall–Kier alpha value is -1.20. The van der Waals surface area contributed by atoms with Crippen LogP contribution in [0.5, 0.6) is 0 Å². The highest BCUT2D eigenvalue weighted by atomic mass is 79.9. The first kappa shape index (κ1) is 13.2. The van der Waals surface area contributed by atoms with Gasteiger partial charge in [0.15, 0.2) is 0 Å². The predicted octanol–water partition coefficient (Wildman–Crippen LogP) is 2.16. The second-order valence-electron chi connectivity index (χ2n) is 4.33. The zero-order valence-electron chi connectivity index (χ0n) is 9.77. The summed E-state index contributed by atoms with van der Waals surface area (Å²) in [5, 5.41) is 0. The summed E-state index contributed by atoms with van der Waals surface area (Å²) >= 11 is 3.27. The molecule has 1 aromatic rings. The van der Waals surface area contributed by atoms with Crippen LogP contribution in [0.2, 0.25) is 0 Å². The van der Waals surface area contributed by atoms with E-state index in [0.29, 0.717) is 18.7 Å². The topological polar surface area (TPSA) is 46.3 Å². The van der Waals surface area contributed by atoms with E-state index in [-0.39, 0.29) is 17.8 Å². The Labute approximate surface area is 114 Å². The van der Waals surface area contributed by atoms with Gasteiger partial charge in [-0.25, -0.2) is 4.39 Å². The van der Waals surface area contributed by atoms with Crippen molar-refractivity contribution in [2.24, 2.45) is 5.73 Å². The van der Waals surface area contributed by atoms with Crippen LogP contribution in [0.3, 0.4) is 0 Å². The molecule has 1 atom stereocenters. The van der Waals surface area contributed by atoms with Crippen LogP contribution in [-0.4, -0.2) is 29.9 Å². The minimum Gasteiger partial charge on any atom is -0.338 e. The zero-order chi connectivity index (χ0) is 13.1. The molecule has 0 bridgehead atoms. The fourth-order valence-corrected chi connectivity index (χ4v) is 2.28. The number of carbonyl (C=O) groups excluding carboxylic acids is 1. The van der Waals surface area contributed by atoms with Crippen molar-refractivity contribution in [1.82, 2.24) is 4.90 Å². The summed E-state index contributed by atoms with van der Waals surface area (Å²) in [6.45, 7) is 1.25. The first-order chi connectivity index (χ1) is 8.56. The van der Waals surface area contributed by atoms with Crippen LogP contribution >= 0.6 is 15.9 Å². The number of hydrogen-bond donors (Lipinski definition) is 1. The molecule has 1 amide bonds. The number of carbonyl (C=O) groups is 1. The van der Waals surface area contributed by atoms with Crippen LogP contribution < -0.4 is 5.73 Å². The highest BCUT2D eigenvalue weighted by Gasteiger charge is 2.21. The number of hydrogen-bond acceptors (Lipinski definition) is 2. The molecule has 2 N–H and O–H groups in total. The Balaban J connectivity index is 2.06. The molecule has 0 saturated carbocycles. The second kappa shape index (κ2) is 5.63. The summed E-state index contributed by atoms with van der Waals surface area (Å²) in [5.41, 5.74) is 6.12. The van der Waals surface area contributed by atoms with Crippen molar-refractivity contribution in [3.05, 3.63) is 40.1 Å². The second-order valence-corrected chi connectivity index (χ2v) is 5.25. The fraction of sp³-hybridized carbons (Fsp3) is 0.308. The molecule has 1 aliphatic heterocycles. The van der Waals surface area contributed by atoms with Crippen molar-refractivity contribution in [3.8, 4) is 0 Å². The first-order valence-corrected chi connectivity index (χ1v) is 6.53. The molecule has 18 heavy (non-hydrogen) atoms. The quantitative estimate of drug-likeness (QED) is 0.851. The third-order valence-electron chi connectivity index (χ3n) is 2.90. The standard InChI is InChI=1S/C13H14BrFN2O/c14-10-2-3-12(15)9(7-10)1-4-13(18)17-6-5-11(16)8-17/h1-4,7,11H,5-6,8,16H2. The average molecular weight is 313 g/mol. The lowest BCUT2D eigenvalue weighted by molar-refractivity contribution is -0.124. The molecule has 0 aromatic heterocycles. The molecule has 0 aliphatic carbocycles. The van der Waals surface area contributed by atoms with Crippen molar-refractivity contribution in [1.29, 1.82) is 0 Å². The van der Waals surface area contributed by atoms with Crippen molar-refractivity contribution in [2.45, 2.75) is 12.5 Å². The fourth-order valence-electron chi connectivity index (χ4n) is 1.90. The maximum Gasteiger partial charge on any atom is 0.246 e. The van der Waals surface area contributed by atoms with Gasteiger partial charge in [-0.2, -0.15) is 0 Å². The third kappa shape index (κ3) is 3.17. The van der Waals surface area contributed by atoms with Crippen molar-refractivity contribution >= 4 is 27.9 Å². The summed E-state index contributed by atoms with van der Waals surface area (Å²) in [4.78, 5) is 13.5. The highest BCUT2D eigenvalue weighted by Crippen LogP contribution is 2.17. The lowest BCUT2D eigenvalue weighted by Crippen LogP contribution is -2.30. The molecule has 0 spiro atoms. The van der Waals surface area contributed by atoms with Crippen LogP contribution in [-0.2, 0) is 4.79 Å². The lowest BCUT2D eigenvalue weighted by atomic mass is 10.2. The predicted molar refractivity (Wildman–Crippen MR) is 72.3 cm³/mol. The molecule has 1 saturated heterocycles. The smallest absolute Gasteiger partial charge is 0.246 e. The average Bonchev–Trinajstić information content (AvgIpc) is 2.77. The van der Waals surface area contributed by atoms with Gasteiger partial charge >= 0.3 is 0 Å². The van der Waals surface area contributed by atoms with Gasteiger partial charge in [0, 0.05) is 35.2 Å². The van der Waals surface area contributed by atoms with E-state index in [0.717, 1.165) is 10.9 Å². The van der Waals surface area contributed by atoms with Crippen molar-refractivity contribution in [3.63, 3.8) is 0 Å². The summed E-state index contributed by atoms with van der Waals surface area (Å²) in [6.07, 6.45) is 3.71. The Morgan fingerprint density at radius 2 is 2.33 bits per heavy atom. The minimum absolute atomic E-state index is 0.0601. The van der Waals surface area contributed by atoms with Gasteiger partial charge in [0.05, 0.1) is 0 Å². The van der Waals surface area contributed by atoms with Gasteiger partial charge < -0.3 is 10.6 Å². The molecule has 1 heterocycles. The van der Waals surface area contributed by atoms with E-state index in [1.54, 1.807) is 17.0 Å². The molecule has 0 radical (unpaired) electrons. The molecule has 1 aromatic carbocycles. The molecular weight excluding hydrogens is 299 g/mol. The number of nitrogens with two attached hydrogens (primary N) is 1. The van der Waals surface area contributed by atoms with E-state index in [4.69, 9.17) is 5.73 Å². The largest absolute Gasteiger partial charge is 0.338 e. The number of amides is 1. The van der Waals surface area contributed by atoms with E-state index in [2.05, 4.69) is 15.9 Å².